The third-order valence-electron chi connectivity index (χ3n) is 5.58. The van der Waals surface area contributed by atoms with Gasteiger partial charge in [-0.3, -0.25) is 14.5 Å². The molecule has 3 aromatic rings. The topological polar surface area (TPSA) is 83.9 Å². The molecule has 0 bridgehead atoms. The monoisotopic (exact) mass is 475 g/mol. The number of hydrogen-bond acceptors (Lipinski definition) is 5. The summed E-state index contributed by atoms with van der Waals surface area (Å²) in [5.41, 5.74) is 2.70. The number of benzene rings is 3. The number of carbonyl (C=O) groups is 3. The van der Waals surface area contributed by atoms with Gasteiger partial charge >= 0.3 is 5.97 Å². The molecule has 0 radical (unpaired) electrons. The van der Waals surface area contributed by atoms with Gasteiger partial charge in [-0.2, -0.15) is 0 Å². The molecule has 1 amide bonds. The van der Waals surface area contributed by atoms with Gasteiger partial charge < -0.3 is 9.84 Å². The Morgan fingerprint density at radius 1 is 1.00 bits per heavy atom. The van der Waals surface area contributed by atoms with Gasteiger partial charge in [-0.15, -0.1) is 0 Å². The van der Waals surface area contributed by atoms with Crippen molar-refractivity contribution in [2.24, 2.45) is 0 Å². The first-order valence-electron chi connectivity index (χ1n) is 10.7. The predicted octanol–water partition coefficient (Wildman–Crippen LogP) is 5.45. The van der Waals surface area contributed by atoms with Crippen LogP contribution in [0.25, 0.3) is 5.76 Å². The quantitative estimate of drug-likeness (QED) is 0.229. The van der Waals surface area contributed by atoms with Crippen LogP contribution in [0.1, 0.15) is 40.0 Å². The zero-order valence-electron chi connectivity index (χ0n) is 18.6. The molecular formula is C27H22ClNO5. The van der Waals surface area contributed by atoms with E-state index in [1.807, 2.05) is 25.1 Å². The number of esters is 1. The van der Waals surface area contributed by atoms with E-state index in [0.717, 1.165) is 5.56 Å². The van der Waals surface area contributed by atoms with Crippen molar-refractivity contribution >= 4 is 40.7 Å². The Kier molecular flexibility index (Phi) is 6.52. The summed E-state index contributed by atoms with van der Waals surface area (Å²) in [6, 6.07) is 19.2. The molecule has 1 unspecified atom stereocenters. The molecule has 1 aliphatic heterocycles. The van der Waals surface area contributed by atoms with Crippen molar-refractivity contribution < 1.29 is 24.2 Å². The molecule has 1 fully saturated rings. The Balaban J connectivity index is 1.86. The summed E-state index contributed by atoms with van der Waals surface area (Å²) in [6.45, 7) is 3.87. The lowest BCUT2D eigenvalue weighted by Gasteiger charge is -2.26. The Bertz CT molecular complexity index is 1300. The van der Waals surface area contributed by atoms with E-state index >= 15 is 0 Å². The maximum Gasteiger partial charge on any atom is 0.338 e. The number of ketones is 1. The van der Waals surface area contributed by atoms with Crippen LogP contribution in [0.15, 0.2) is 78.4 Å². The molecule has 1 N–H and O–H groups in total. The zero-order valence-corrected chi connectivity index (χ0v) is 19.4. The highest BCUT2D eigenvalue weighted by molar-refractivity contribution is 6.51. The van der Waals surface area contributed by atoms with Crippen molar-refractivity contribution in [2.75, 3.05) is 11.5 Å². The molecule has 7 heteroatoms. The van der Waals surface area contributed by atoms with Crippen molar-refractivity contribution in [3.05, 3.63) is 106 Å². The van der Waals surface area contributed by atoms with Crippen LogP contribution < -0.4 is 4.90 Å². The highest BCUT2D eigenvalue weighted by atomic mass is 35.5. The third-order valence-corrected chi connectivity index (χ3v) is 5.83. The molecule has 1 atom stereocenters. The molecule has 6 nitrogen and oxygen atoms in total. The summed E-state index contributed by atoms with van der Waals surface area (Å²) >= 11 is 5.97. The molecule has 1 heterocycles. The van der Waals surface area contributed by atoms with Crippen LogP contribution in [-0.2, 0) is 14.3 Å². The van der Waals surface area contributed by atoms with Gasteiger partial charge in [0, 0.05) is 16.3 Å². The number of carbonyl (C=O) groups excluding carboxylic acids is 3. The Morgan fingerprint density at radius 2 is 1.65 bits per heavy atom. The molecule has 0 aliphatic carbocycles. The van der Waals surface area contributed by atoms with Crippen molar-refractivity contribution in [1.82, 2.24) is 0 Å². The molecular weight excluding hydrogens is 454 g/mol. The van der Waals surface area contributed by atoms with Crippen molar-refractivity contribution in [2.45, 2.75) is 19.9 Å². The van der Waals surface area contributed by atoms with E-state index in [1.54, 1.807) is 61.5 Å². The van der Waals surface area contributed by atoms with Crippen molar-refractivity contribution in [3.63, 3.8) is 0 Å². The summed E-state index contributed by atoms with van der Waals surface area (Å²) in [6.07, 6.45) is 0. The molecule has 1 aliphatic rings. The SMILES string of the molecule is CCOC(=O)c1ccc(N2C(=O)C(=O)/C(=C(/O)c3ccc(Cl)cc3)C2c2cccc(C)c2)cc1. The minimum atomic E-state index is -0.857. The molecule has 0 aromatic heterocycles. The normalized spacial score (nSPS) is 17.1. The van der Waals surface area contributed by atoms with Gasteiger partial charge in [-0.25, -0.2) is 4.79 Å². The lowest BCUT2D eigenvalue weighted by Crippen LogP contribution is -2.29. The number of rotatable bonds is 5. The zero-order chi connectivity index (χ0) is 24.4. The van der Waals surface area contributed by atoms with E-state index in [4.69, 9.17) is 16.3 Å². The maximum absolute atomic E-state index is 13.2. The van der Waals surface area contributed by atoms with Crippen LogP contribution in [0.5, 0.6) is 0 Å². The number of anilines is 1. The number of nitrogens with zero attached hydrogens (tertiary/aromatic N) is 1. The predicted molar refractivity (Wildman–Crippen MR) is 130 cm³/mol. The summed E-state index contributed by atoms with van der Waals surface area (Å²) in [4.78, 5) is 39.8. The minimum absolute atomic E-state index is 0.0209. The summed E-state index contributed by atoms with van der Waals surface area (Å²) in [7, 11) is 0. The number of halogens is 1. The Labute approximate surface area is 202 Å². The van der Waals surface area contributed by atoms with E-state index in [9.17, 15) is 19.5 Å². The number of Topliss-reactive ketones (excluding diaryl/α,β-unsaturated/α-hetero) is 1. The van der Waals surface area contributed by atoms with Crippen LogP contribution in [0.4, 0.5) is 5.69 Å². The smallest absolute Gasteiger partial charge is 0.338 e. The van der Waals surface area contributed by atoms with Crippen molar-refractivity contribution in [1.29, 1.82) is 0 Å². The largest absolute Gasteiger partial charge is 0.507 e. The number of aliphatic hydroxyl groups is 1. The highest BCUT2D eigenvalue weighted by Crippen LogP contribution is 2.42. The number of amides is 1. The second kappa shape index (κ2) is 9.53. The first kappa shape index (κ1) is 23.3. The fourth-order valence-corrected chi connectivity index (χ4v) is 4.12. The van der Waals surface area contributed by atoms with Crippen LogP contribution in [0.3, 0.4) is 0 Å². The average Bonchev–Trinajstić information content (AvgIpc) is 3.10. The molecule has 1 saturated heterocycles. The van der Waals surface area contributed by atoms with E-state index in [0.29, 0.717) is 27.4 Å². The highest BCUT2D eigenvalue weighted by Gasteiger charge is 2.47. The lowest BCUT2D eigenvalue weighted by molar-refractivity contribution is -0.132. The van der Waals surface area contributed by atoms with E-state index in [-0.39, 0.29) is 17.9 Å². The maximum atomic E-state index is 13.2. The van der Waals surface area contributed by atoms with Crippen molar-refractivity contribution in [3.8, 4) is 0 Å². The summed E-state index contributed by atoms with van der Waals surface area (Å²) in [5.74, 6) is -2.33. The minimum Gasteiger partial charge on any atom is -0.507 e. The number of aliphatic hydroxyl groups excluding tert-OH is 1. The Morgan fingerprint density at radius 3 is 2.26 bits per heavy atom. The molecule has 0 spiro atoms. The Hall–Kier alpha value is -3.90. The molecule has 34 heavy (non-hydrogen) atoms. The number of ether oxygens (including phenoxy) is 1. The van der Waals surface area contributed by atoms with Crippen LogP contribution >= 0.6 is 11.6 Å². The second-order valence-electron chi connectivity index (χ2n) is 7.86. The van der Waals surface area contributed by atoms with E-state index in [2.05, 4.69) is 0 Å². The van der Waals surface area contributed by atoms with Gasteiger partial charge in [0.15, 0.2) is 0 Å². The van der Waals surface area contributed by atoms with E-state index in [1.165, 1.54) is 4.90 Å². The molecule has 4 rings (SSSR count). The third kappa shape index (κ3) is 4.32. The number of aryl methyl sites for hydroxylation is 1. The van der Waals surface area contributed by atoms with Crippen LogP contribution in [0.2, 0.25) is 5.02 Å². The van der Waals surface area contributed by atoms with E-state index < -0.39 is 23.7 Å². The van der Waals surface area contributed by atoms with Gasteiger partial charge in [-0.1, -0.05) is 41.4 Å². The van der Waals surface area contributed by atoms with Gasteiger partial charge in [-0.05, 0) is 67.9 Å². The van der Waals surface area contributed by atoms with Crippen LogP contribution in [0, 0.1) is 6.92 Å². The number of hydrogen-bond donors (Lipinski definition) is 1. The van der Waals surface area contributed by atoms with Gasteiger partial charge in [0.1, 0.15) is 5.76 Å². The summed E-state index contributed by atoms with van der Waals surface area (Å²) in [5, 5.41) is 11.6. The lowest BCUT2D eigenvalue weighted by atomic mass is 9.94. The fourth-order valence-electron chi connectivity index (χ4n) is 3.99. The summed E-state index contributed by atoms with van der Waals surface area (Å²) < 4.78 is 5.02. The first-order valence-corrected chi connectivity index (χ1v) is 11.1. The average molecular weight is 476 g/mol. The second-order valence-corrected chi connectivity index (χ2v) is 8.29. The molecule has 172 valence electrons. The molecule has 3 aromatic carbocycles. The molecule has 0 saturated carbocycles. The standard InChI is InChI=1S/C27H22ClNO5/c1-3-34-27(33)18-9-13-21(14-10-18)29-23(19-6-4-5-16(2)15-19)22(25(31)26(29)32)24(30)17-7-11-20(28)12-8-17/h4-15,23,30H,3H2,1-2H3/b24-22+. The van der Waals surface area contributed by atoms with Gasteiger partial charge in [0.05, 0.1) is 23.8 Å². The first-order chi connectivity index (χ1) is 16.3. The van der Waals surface area contributed by atoms with Crippen LogP contribution in [-0.4, -0.2) is 29.4 Å². The van der Waals surface area contributed by atoms with Gasteiger partial charge in [0.2, 0.25) is 0 Å². The fraction of sp³-hybridized carbons (Fsp3) is 0.148. The van der Waals surface area contributed by atoms with Gasteiger partial charge in [0.25, 0.3) is 11.7 Å².